The zero-order valence-electron chi connectivity index (χ0n) is 47.6. The number of carbonyl (C=O) groups excluding carboxylic acids is 5. The maximum absolute atomic E-state index is 13.8. The van der Waals surface area contributed by atoms with Gasteiger partial charge in [-0.15, -0.1) is 0 Å². The summed E-state index contributed by atoms with van der Waals surface area (Å²) >= 11 is 17.8. The van der Waals surface area contributed by atoms with E-state index >= 15 is 0 Å². The third kappa shape index (κ3) is 20.5. The highest BCUT2D eigenvalue weighted by molar-refractivity contribution is 6.67. The minimum absolute atomic E-state index is 0.0105. The first kappa shape index (κ1) is 67.0. The molecule has 0 unspecified atom stereocenters. The molecule has 464 valence electrons. The molecule has 0 radical (unpaired) electrons. The summed E-state index contributed by atoms with van der Waals surface area (Å²) in [6, 6.07) is 34.7. The van der Waals surface area contributed by atoms with Gasteiger partial charge in [-0.25, -0.2) is 4.79 Å². The summed E-state index contributed by atoms with van der Waals surface area (Å²) < 4.78 is 85.3. The molecule has 22 nitrogen and oxygen atoms in total. The summed E-state index contributed by atoms with van der Waals surface area (Å²) in [7, 11) is 0. The number of benzene rings is 4. The minimum Gasteiger partial charge on any atom is -0.463 e. The Bertz CT molecular complexity index is 2720. The predicted octanol–water partition coefficient (Wildman–Crippen LogP) is 6.74. The normalized spacial score (nSPS) is 27.9. The standard InChI is InChI=1S/C60H72Cl3NO21/c1-35(65)74-33-44-48(78-36(2)66)50(79-37(3)67)45(64-58(71)77-34-60(61,62)63)55(81-44)83-47-42(31-72-27-38-19-11-7-12-20-38)82-56(51(46(47)68)75-29-40-23-15-9-16-24-40)84-49-43(32-73-28-39-21-13-8-14-22-39)80-54(69)53(85-57(70)59(4,5)6)52(49)76-30-41-25-17-10-18-26-41/h7-26,42-56,68-69H,27-34H2,1-6H3,(H,64,71)/t42-,43-,44-,45-,46+,47+,48+,49-,50-,51-,52+,53-,54-,55+,56+/m1/s1. The highest BCUT2D eigenvalue weighted by Gasteiger charge is 2.58. The third-order valence-corrected chi connectivity index (χ3v) is 13.7. The van der Waals surface area contributed by atoms with Crippen LogP contribution in [0.2, 0.25) is 0 Å². The average Bonchev–Trinajstić information content (AvgIpc) is 2.45. The highest BCUT2D eigenvalue weighted by Crippen LogP contribution is 2.38. The van der Waals surface area contributed by atoms with E-state index in [0.29, 0.717) is 11.1 Å². The van der Waals surface area contributed by atoms with Crippen LogP contribution in [0, 0.1) is 5.41 Å². The van der Waals surface area contributed by atoms with Crippen molar-refractivity contribution in [1.29, 1.82) is 0 Å². The molecular formula is C60H72Cl3NO21. The van der Waals surface area contributed by atoms with E-state index < -0.39 is 144 Å². The van der Waals surface area contributed by atoms with Gasteiger partial charge in [-0.05, 0) is 43.0 Å². The molecule has 0 aliphatic carbocycles. The van der Waals surface area contributed by atoms with Gasteiger partial charge in [-0.1, -0.05) is 156 Å². The number of amides is 1. The fraction of sp³-hybridized carbons (Fsp3) is 0.517. The molecule has 4 aromatic carbocycles. The van der Waals surface area contributed by atoms with Crippen molar-refractivity contribution < 1.29 is 101 Å². The third-order valence-electron chi connectivity index (χ3n) is 13.4. The molecule has 3 aliphatic heterocycles. The van der Waals surface area contributed by atoms with Gasteiger partial charge in [0.2, 0.25) is 3.79 Å². The lowest BCUT2D eigenvalue weighted by molar-refractivity contribution is -0.380. The molecule has 3 N–H and O–H groups in total. The predicted molar refractivity (Wildman–Crippen MR) is 302 cm³/mol. The van der Waals surface area contributed by atoms with Crippen LogP contribution in [0.25, 0.3) is 0 Å². The quantitative estimate of drug-likeness (QED) is 0.0352. The number of hydrogen-bond donors (Lipinski definition) is 3. The number of aliphatic hydroxyl groups is 2. The van der Waals surface area contributed by atoms with E-state index in [0.717, 1.165) is 31.9 Å². The first-order valence-corrected chi connectivity index (χ1v) is 28.5. The SMILES string of the molecule is CC(=O)OC[C@H]1O[C@@H](O[C@@H]2[C@H](O)[C@@H](OCc3ccccc3)[C@H](O[C@H]3[C@H](OCc4ccccc4)[C@@H](OC(=O)C(C)(C)C)[C@H](O)O[C@@H]3COCc3ccccc3)O[C@@H]2COCc2ccccc2)[C@H](NC(=O)OCC(Cl)(Cl)Cl)[C@@H](OC(C)=O)[C@H]1OC(C)=O. The average molecular weight is 1250 g/mol. The lowest BCUT2D eigenvalue weighted by Gasteiger charge is -2.50. The monoisotopic (exact) mass is 1250 g/mol. The molecule has 0 saturated carbocycles. The van der Waals surface area contributed by atoms with Gasteiger partial charge in [-0.3, -0.25) is 19.2 Å². The van der Waals surface area contributed by atoms with Crippen molar-refractivity contribution >= 4 is 64.8 Å². The number of hydrogen-bond acceptors (Lipinski definition) is 21. The Kier molecular flexibility index (Phi) is 25.1. The van der Waals surface area contributed by atoms with Crippen LogP contribution >= 0.6 is 34.8 Å². The van der Waals surface area contributed by atoms with Crippen molar-refractivity contribution in [3.63, 3.8) is 0 Å². The number of carbonyl (C=O) groups is 5. The van der Waals surface area contributed by atoms with Crippen LogP contribution in [-0.4, -0.2) is 162 Å². The maximum Gasteiger partial charge on any atom is 0.407 e. The molecule has 3 heterocycles. The Morgan fingerprint density at radius 3 is 1.42 bits per heavy atom. The molecular weight excluding hydrogens is 1180 g/mol. The number of halogens is 3. The molecule has 3 aliphatic rings. The molecule has 4 aromatic rings. The summed E-state index contributed by atoms with van der Waals surface area (Å²) in [4.78, 5) is 65.5. The molecule has 15 atom stereocenters. The minimum atomic E-state index is -2.09. The van der Waals surface area contributed by atoms with Gasteiger partial charge < -0.3 is 81.8 Å². The molecule has 0 aromatic heterocycles. The van der Waals surface area contributed by atoms with E-state index in [1.807, 2.05) is 91.0 Å². The second kappa shape index (κ2) is 31.9. The number of aliphatic hydroxyl groups excluding tert-OH is 2. The maximum atomic E-state index is 13.8. The lowest BCUT2D eigenvalue weighted by atomic mass is 9.94. The zero-order chi connectivity index (χ0) is 61.3. The first-order valence-electron chi connectivity index (χ1n) is 27.4. The van der Waals surface area contributed by atoms with E-state index in [1.54, 1.807) is 51.1 Å². The van der Waals surface area contributed by atoms with Gasteiger partial charge in [0, 0.05) is 20.8 Å². The van der Waals surface area contributed by atoms with Crippen molar-refractivity contribution in [3.05, 3.63) is 144 Å². The fourth-order valence-electron chi connectivity index (χ4n) is 9.37. The van der Waals surface area contributed by atoms with Crippen molar-refractivity contribution in [2.24, 2.45) is 5.41 Å². The number of alkyl carbamates (subject to hydrolysis) is 1. The van der Waals surface area contributed by atoms with Crippen LogP contribution in [0.1, 0.15) is 63.8 Å². The Hall–Kier alpha value is -5.54. The molecule has 0 spiro atoms. The van der Waals surface area contributed by atoms with Crippen LogP contribution < -0.4 is 5.32 Å². The fourth-order valence-corrected chi connectivity index (χ4v) is 9.53. The lowest BCUT2D eigenvalue weighted by Crippen LogP contribution is -2.70. The first-order chi connectivity index (χ1) is 40.5. The number of alkyl halides is 3. The van der Waals surface area contributed by atoms with Crippen LogP contribution in [0.15, 0.2) is 121 Å². The number of nitrogens with one attached hydrogen (secondary N) is 1. The van der Waals surface area contributed by atoms with Crippen LogP contribution in [0.5, 0.6) is 0 Å². The number of ether oxygens (including phenoxy) is 14. The molecule has 3 fully saturated rings. The van der Waals surface area contributed by atoms with Gasteiger partial charge in [0.1, 0.15) is 68.1 Å². The van der Waals surface area contributed by atoms with E-state index in [2.05, 4.69) is 5.32 Å². The summed E-state index contributed by atoms with van der Waals surface area (Å²) in [5.41, 5.74) is 1.87. The number of rotatable bonds is 25. The highest BCUT2D eigenvalue weighted by atomic mass is 35.6. The second-order valence-electron chi connectivity index (χ2n) is 21.3. The molecule has 3 saturated heterocycles. The van der Waals surface area contributed by atoms with Crippen molar-refractivity contribution in [1.82, 2.24) is 5.32 Å². The molecule has 1 amide bonds. The summed E-state index contributed by atoms with van der Waals surface area (Å²) in [6.45, 7) is 6.05. The van der Waals surface area contributed by atoms with Crippen molar-refractivity contribution in [3.8, 4) is 0 Å². The topological polar surface area (TPSA) is 267 Å². The van der Waals surface area contributed by atoms with E-state index in [4.69, 9.17) is 101 Å². The Morgan fingerprint density at radius 2 is 0.941 bits per heavy atom. The van der Waals surface area contributed by atoms with Crippen LogP contribution in [0.4, 0.5) is 4.79 Å². The molecule has 7 rings (SSSR count). The van der Waals surface area contributed by atoms with Gasteiger partial charge >= 0.3 is 30.0 Å². The number of esters is 4. The second-order valence-corrected chi connectivity index (χ2v) is 23.8. The van der Waals surface area contributed by atoms with Gasteiger partial charge in [0.25, 0.3) is 0 Å². The van der Waals surface area contributed by atoms with Gasteiger partial charge in [-0.2, -0.15) is 0 Å². The Labute approximate surface area is 507 Å². The Morgan fingerprint density at radius 1 is 0.494 bits per heavy atom. The largest absolute Gasteiger partial charge is 0.463 e. The van der Waals surface area contributed by atoms with Crippen molar-refractivity contribution in [2.75, 3.05) is 26.4 Å². The van der Waals surface area contributed by atoms with E-state index in [9.17, 15) is 34.2 Å². The molecule has 0 bridgehead atoms. The molecule has 85 heavy (non-hydrogen) atoms. The molecule has 25 heteroatoms. The van der Waals surface area contributed by atoms with Gasteiger partial charge in [0.15, 0.2) is 37.2 Å². The summed E-state index contributed by atoms with van der Waals surface area (Å²) in [5, 5.41) is 27.5. The smallest absolute Gasteiger partial charge is 0.407 e. The summed E-state index contributed by atoms with van der Waals surface area (Å²) in [5.74, 6) is -3.28. The van der Waals surface area contributed by atoms with Crippen molar-refractivity contribution in [2.45, 2.75) is 164 Å². The van der Waals surface area contributed by atoms with Gasteiger partial charge in [0.05, 0.1) is 45.1 Å². The van der Waals surface area contributed by atoms with E-state index in [1.165, 1.54) is 0 Å². The van der Waals surface area contributed by atoms with Crippen LogP contribution in [0.3, 0.4) is 0 Å². The summed E-state index contributed by atoms with van der Waals surface area (Å²) in [6.07, 6.45) is -23.3. The zero-order valence-corrected chi connectivity index (χ0v) is 49.9. The van der Waals surface area contributed by atoms with E-state index in [-0.39, 0.29) is 39.6 Å². The Balaban J connectivity index is 1.33. The van der Waals surface area contributed by atoms with Crippen LogP contribution in [-0.2, 0) is 112 Å².